The van der Waals surface area contributed by atoms with Crippen molar-refractivity contribution in [1.29, 1.82) is 0 Å². The van der Waals surface area contributed by atoms with Gasteiger partial charge in [0, 0.05) is 44.8 Å². The highest BCUT2D eigenvalue weighted by Gasteiger charge is 2.42. The lowest BCUT2D eigenvalue weighted by atomic mass is 9.97. The third-order valence-electron chi connectivity index (χ3n) is 5.54. The van der Waals surface area contributed by atoms with Crippen molar-refractivity contribution in [2.24, 2.45) is 0 Å². The van der Waals surface area contributed by atoms with Crippen LogP contribution < -0.4 is 25.6 Å². The summed E-state index contributed by atoms with van der Waals surface area (Å²) >= 11 is 0. The Balaban J connectivity index is 1.25. The van der Waals surface area contributed by atoms with Gasteiger partial charge in [0.25, 0.3) is 0 Å². The molecule has 0 bridgehead atoms. The minimum absolute atomic E-state index is 0.0483. The van der Waals surface area contributed by atoms with E-state index in [9.17, 15) is 0 Å². The number of nitrogens with one attached hydrogen (secondary N) is 3. The van der Waals surface area contributed by atoms with E-state index in [2.05, 4.69) is 37.0 Å². The Morgan fingerprint density at radius 3 is 2.55 bits per heavy atom. The smallest absolute Gasteiger partial charge is 0.219 e. The SMILES string of the molecule is c1cnn(Cc2ccc(Oc3ccc(N4CNCC45CNCNC5)cn3)cc2)c1. The van der Waals surface area contributed by atoms with Crippen molar-refractivity contribution in [1.82, 2.24) is 30.7 Å². The fraction of sp³-hybridized carbons (Fsp3) is 0.333. The highest BCUT2D eigenvalue weighted by molar-refractivity contribution is 5.51. The van der Waals surface area contributed by atoms with Crippen LogP contribution in [0, 0.1) is 0 Å². The fourth-order valence-corrected chi connectivity index (χ4v) is 4.04. The molecule has 2 aliphatic heterocycles. The number of nitrogens with zero attached hydrogens (tertiary/aromatic N) is 4. The molecule has 2 aliphatic rings. The molecule has 3 aromatic rings. The highest BCUT2D eigenvalue weighted by atomic mass is 16.5. The molecule has 150 valence electrons. The molecule has 29 heavy (non-hydrogen) atoms. The lowest BCUT2D eigenvalue weighted by Gasteiger charge is -2.42. The van der Waals surface area contributed by atoms with E-state index in [-0.39, 0.29) is 5.54 Å². The third-order valence-corrected chi connectivity index (χ3v) is 5.54. The molecule has 0 radical (unpaired) electrons. The zero-order valence-electron chi connectivity index (χ0n) is 16.2. The maximum atomic E-state index is 5.93. The predicted octanol–water partition coefficient (Wildman–Crippen LogP) is 1.37. The van der Waals surface area contributed by atoms with Crippen LogP contribution in [0.25, 0.3) is 0 Å². The lowest BCUT2D eigenvalue weighted by Crippen LogP contribution is -2.64. The van der Waals surface area contributed by atoms with Crippen molar-refractivity contribution in [3.63, 3.8) is 0 Å². The second kappa shape index (κ2) is 7.82. The van der Waals surface area contributed by atoms with Crippen LogP contribution in [0.5, 0.6) is 11.6 Å². The summed E-state index contributed by atoms with van der Waals surface area (Å²) < 4.78 is 7.83. The predicted molar refractivity (Wildman–Crippen MR) is 111 cm³/mol. The van der Waals surface area contributed by atoms with Crippen molar-refractivity contribution < 1.29 is 4.74 Å². The van der Waals surface area contributed by atoms with Gasteiger partial charge in [-0.25, -0.2) is 4.98 Å². The molecule has 0 aliphatic carbocycles. The average molecular weight is 391 g/mol. The molecule has 0 saturated carbocycles. The summed E-state index contributed by atoms with van der Waals surface area (Å²) in [6.45, 7) is 5.29. The molecule has 0 unspecified atom stereocenters. The first-order valence-electron chi connectivity index (χ1n) is 9.91. The number of hydrogen-bond acceptors (Lipinski definition) is 7. The van der Waals surface area contributed by atoms with Crippen molar-refractivity contribution in [3.05, 3.63) is 66.6 Å². The molecular weight excluding hydrogens is 366 g/mol. The van der Waals surface area contributed by atoms with E-state index >= 15 is 0 Å². The Labute approximate surface area is 169 Å². The molecular formula is C21H25N7O. The van der Waals surface area contributed by atoms with Gasteiger partial charge in [0.15, 0.2) is 0 Å². The van der Waals surface area contributed by atoms with Crippen LogP contribution in [0.4, 0.5) is 5.69 Å². The first kappa shape index (κ1) is 18.1. The van der Waals surface area contributed by atoms with E-state index in [1.54, 1.807) is 6.20 Å². The van der Waals surface area contributed by atoms with Gasteiger partial charge in [-0.15, -0.1) is 0 Å². The summed E-state index contributed by atoms with van der Waals surface area (Å²) in [6.07, 6.45) is 5.63. The molecule has 2 aromatic heterocycles. The van der Waals surface area contributed by atoms with E-state index in [0.29, 0.717) is 5.88 Å². The van der Waals surface area contributed by atoms with Crippen molar-refractivity contribution >= 4 is 5.69 Å². The van der Waals surface area contributed by atoms with E-state index in [4.69, 9.17) is 4.74 Å². The van der Waals surface area contributed by atoms with Crippen molar-refractivity contribution in [2.75, 3.05) is 37.9 Å². The largest absolute Gasteiger partial charge is 0.439 e. The standard InChI is InChI=1S/C21H25N7O/c1-8-26-27(9-1)11-17-2-5-19(6-3-17)29-20-7-4-18(10-25-20)28-16-24-14-21(28)12-22-15-23-13-21/h1-10,22-24H,11-16H2. The minimum atomic E-state index is 0.0483. The van der Waals surface area contributed by atoms with Crippen molar-refractivity contribution in [2.45, 2.75) is 12.1 Å². The number of ether oxygens (including phenoxy) is 1. The third kappa shape index (κ3) is 3.82. The molecule has 2 fully saturated rings. The van der Waals surface area contributed by atoms with Crippen LogP contribution >= 0.6 is 0 Å². The highest BCUT2D eigenvalue weighted by Crippen LogP contribution is 2.29. The molecule has 1 spiro atoms. The molecule has 5 rings (SSSR count). The van der Waals surface area contributed by atoms with Crippen molar-refractivity contribution in [3.8, 4) is 11.6 Å². The minimum Gasteiger partial charge on any atom is -0.439 e. The molecule has 1 aromatic carbocycles. The summed E-state index contributed by atoms with van der Waals surface area (Å²) in [5, 5.41) is 14.6. The Kier molecular flexibility index (Phi) is 4.89. The van der Waals surface area contributed by atoms with Crippen LogP contribution in [0.2, 0.25) is 0 Å². The Hall–Kier alpha value is -2.94. The topological polar surface area (TPSA) is 79.3 Å². The number of rotatable bonds is 5. The van der Waals surface area contributed by atoms with Crippen LogP contribution in [0.15, 0.2) is 61.1 Å². The molecule has 0 atom stereocenters. The Bertz CT molecular complexity index is 919. The maximum Gasteiger partial charge on any atom is 0.219 e. The summed E-state index contributed by atoms with van der Waals surface area (Å²) in [7, 11) is 0. The first-order valence-corrected chi connectivity index (χ1v) is 9.91. The summed E-state index contributed by atoms with van der Waals surface area (Å²) in [6, 6.07) is 14.0. The van der Waals surface area contributed by atoms with Gasteiger partial charge >= 0.3 is 0 Å². The first-order chi connectivity index (χ1) is 14.3. The number of hydrogen-bond donors (Lipinski definition) is 3. The van der Waals surface area contributed by atoms with E-state index < -0.39 is 0 Å². The van der Waals surface area contributed by atoms with E-state index in [1.807, 2.05) is 53.5 Å². The van der Waals surface area contributed by atoms with Gasteiger partial charge in [-0.05, 0) is 29.8 Å². The molecule has 0 amide bonds. The fourth-order valence-electron chi connectivity index (χ4n) is 4.04. The van der Waals surface area contributed by atoms with Gasteiger partial charge in [-0.3, -0.25) is 10.00 Å². The van der Waals surface area contributed by atoms with E-state index in [1.165, 1.54) is 5.56 Å². The molecule has 8 heteroatoms. The maximum absolute atomic E-state index is 5.93. The van der Waals surface area contributed by atoms with E-state index in [0.717, 1.165) is 51.0 Å². The van der Waals surface area contributed by atoms with Crippen LogP contribution in [0.3, 0.4) is 0 Å². The van der Waals surface area contributed by atoms with Crippen LogP contribution in [-0.2, 0) is 6.54 Å². The van der Waals surface area contributed by atoms with Gasteiger partial charge in [0.05, 0.1) is 30.6 Å². The lowest BCUT2D eigenvalue weighted by molar-refractivity contribution is 0.331. The summed E-state index contributed by atoms with van der Waals surface area (Å²) in [4.78, 5) is 6.92. The van der Waals surface area contributed by atoms with Gasteiger partial charge < -0.3 is 20.3 Å². The second-order valence-corrected chi connectivity index (χ2v) is 7.57. The zero-order chi connectivity index (χ0) is 19.5. The molecule has 2 saturated heterocycles. The zero-order valence-corrected chi connectivity index (χ0v) is 16.2. The number of aromatic nitrogens is 3. The normalized spacial score (nSPS) is 18.3. The van der Waals surface area contributed by atoms with Crippen LogP contribution in [-0.4, -0.2) is 53.3 Å². The summed E-state index contributed by atoms with van der Waals surface area (Å²) in [5.41, 5.74) is 2.32. The second-order valence-electron chi connectivity index (χ2n) is 7.57. The Morgan fingerprint density at radius 2 is 1.83 bits per heavy atom. The monoisotopic (exact) mass is 391 g/mol. The molecule has 4 heterocycles. The van der Waals surface area contributed by atoms with Gasteiger partial charge in [-0.1, -0.05) is 12.1 Å². The molecule has 3 N–H and O–H groups in total. The average Bonchev–Trinajstić information content (AvgIpc) is 3.41. The number of anilines is 1. The number of pyridine rings is 1. The van der Waals surface area contributed by atoms with Crippen LogP contribution in [0.1, 0.15) is 5.56 Å². The Morgan fingerprint density at radius 1 is 1.00 bits per heavy atom. The number of benzene rings is 1. The quantitative estimate of drug-likeness (QED) is 0.606. The summed E-state index contributed by atoms with van der Waals surface area (Å²) in [5.74, 6) is 1.36. The van der Waals surface area contributed by atoms with Gasteiger partial charge in [-0.2, -0.15) is 5.10 Å². The molecule has 8 nitrogen and oxygen atoms in total. The van der Waals surface area contributed by atoms with Gasteiger partial charge in [0.1, 0.15) is 5.75 Å². The van der Waals surface area contributed by atoms with Gasteiger partial charge in [0.2, 0.25) is 5.88 Å².